The number of anilines is 1. The molecule has 0 saturated carbocycles. The second-order valence-corrected chi connectivity index (χ2v) is 8.33. The summed E-state index contributed by atoms with van der Waals surface area (Å²) in [5, 5.41) is 1.24. The molecule has 32 heavy (non-hydrogen) atoms. The van der Waals surface area contributed by atoms with E-state index in [9.17, 15) is 13.2 Å². The van der Waals surface area contributed by atoms with Crippen molar-refractivity contribution in [3.63, 3.8) is 0 Å². The van der Waals surface area contributed by atoms with E-state index in [-0.39, 0.29) is 0 Å². The van der Waals surface area contributed by atoms with E-state index in [1.165, 1.54) is 16.6 Å². The van der Waals surface area contributed by atoms with Gasteiger partial charge in [0.25, 0.3) is 0 Å². The SMILES string of the molecule is COc1ccc(/C=C/c2ccc3cc(N(C)C)ccc3[n+]2C)cc1.O=S(=O)([O-])C(F)(F)F. The van der Waals surface area contributed by atoms with E-state index in [2.05, 4.69) is 85.2 Å². The topological polar surface area (TPSA) is 73.5 Å². The highest BCUT2D eigenvalue weighted by molar-refractivity contribution is 7.86. The van der Waals surface area contributed by atoms with E-state index in [4.69, 9.17) is 17.7 Å². The molecule has 0 aliphatic rings. The zero-order valence-corrected chi connectivity index (χ0v) is 18.7. The summed E-state index contributed by atoms with van der Waals surface area (Å²) in [5.74, 6) is 0.875. The number of hydrogen-bond acceptors (Lipinski definition) is 5. The van der Waals surface area contributed by atoms with Crippen molar-refractivity contribution in [1.82, 2.24) is 0 Å². The maximum absolute atomic E-state index is 10.7. The molecule has 2 aromatic carbocycles. The van der Waals surface area contributed by atoms with Crippen LogP contribution in [0.25, 0.3) is 23.1 Å². The number of pyridine rings is 1. The highest BCUT2D eigenvalue weighted by Crippen LogP contribution is 2.21. The van der Waals surface area contributed by atoms with Gasteiger partial charge in [0.15, 0.2) is 10.1 Å². The molecule has 0 radical (unpaired) electrons. The summed E-state index contributed by atoms with van der Waals surface area (Å²) in [6, 6.07) is 18.9. The van der Waals surface area contributed by atoms with Crippen LogP contribution >= 0.6 is 0 Å². The number of ether oxygens (including phenoxy) is 1. The minimum Gasteiger partial charge on any atom is -0.741 e. The molecule has 0 bridgehead atoms. The number of aromatic nitrogens is 1. The third kappa shape index (κ3) is 6.44. The average molecular weight is 468 g/mol. The van der Waals surface area contributed by atoms with E-state index in [0.717, 1.165) is 17.0 Å². The van der Waals surface area contributed by atoms with E-state index < -0.39 is 15.6 Å². The lowest BCUT2D eigenvalue weighted by Crippen LogP contribution is -2.32. The number of hydrogen-bond donors (Lipinski definition) is 0. The van der Waals surface area contributed by atoms with Crippen molar-refractivity contribution in [3.8, 4) is 5.75 Å². The van der Waals surface area contributed by atoms with Gasteiger partial charge in [-0.3, -0.25) is 0 Å². The predicted molar refractivity (Wildman–Crippen MR) is 117 cm³/mol. The van der Waals surface area contributed by atoms with Crippen LogP contribution in [0.15, 0.2) is 54.6 Å². The van der Waals surface area contributed by atoms with E-state index in [1.807, 2.05) is 12.1 Å². The minimum absolute atomic E-state index is 0.875. The van der Waals surface area contributed by atoms with Gasteiger partial charge in [0.05, 0.1) is 7.11 Å². The second kappa shape index (κ2) is 10.0. The molecule has 0 atom stereocenters. The Morgan fingerprint density at radius 2 is 1.59 bits per heavy atom. The number of nitrogens with zero attached hydrogens (tertiary/aromatic N) is 2. The first kappa shape index (κ1) is 25.2. The van der Waals surface area contributed by atoms with Gasteiger partial charge in [-0.25, -0.2) is 8.42 Å². The van der Waals surface area contributed by atoms with Crippen LogP contribution in [0.5, 0.6) is 5.75 Å². The maximum atomic E-state index is 10.7. The van der Waals surface area contributed by atoms with Gasteiger partial charge in [-0.2, -0.15) is 17.7 Å². The van der Waals surface area contributed by atoms with Crippen LogP contribution < -0.4 is 14.2 Å². The van der Waals surface area contributed by atoms with Crippen molar-refractivity contribution in [1.29, 1.82) is 0 Å². The van der Waals surface area contributed by atoms with Gasteiger partial charge in [0.1, 0.15) is 12.8 Å². The Kier molecular flexibility index (Phi) is 7.87. The normalized spacial score (nSPS) is 11.9. The summed E-state index contributed by atoms with van der Waals surface area (Å²) < 4.78 is 66.3. The van der Waals surface area contributed by atoms with Crippen LogP contribution in [0.2, 0.25) is 0 Å². The van der Waals surface area contributed by atoms with Crippen molar-refractivity contribution >= 4 is 38.9 Å². The maximum Gasteiger partial charge on any atom is 0.485 e. The van der Waals surface area contributed by atoms with Crippen molar-refractivity contribution in [3.05, 3.63) is 65.9 Å². The number of methoxy groups -OCH3 is 1. The molecular formula is C22H23F3N2O4S. The van der Waals surface area contributed by atoms with Crippen molar-refractivity contribution in [2.75, 3.05) is 26.1 Å². The monoisotopic (exact) mass is 468 g/mol. The molecule has 3 rings (SSSR count). The quantitative estimate of drug-likeness (QED) is 0.329. The Balaban J connectivity index is 0.000000390. The van der Waals surface area contributed by atoms with E-state index >= 15 is 0 Å². The molecular weight excluding hydrogens is 445 g/mol. The molecule has 0 aliphatic heterocycles. The molecule has 3 aromatic rings. The van der Waals surface area contributed by atoms with E-state index in [1.54, 1.807) is 7.11 Å². The molecule has 0 N–H and O–H groups in total. The molecule has 0 saturated heterocycles. The lowest BCUT2D eigenvalue weighted by atomic mass is 10.1. The number of aryl methyl sites for hydroxylation is 1. The lowest BCUT2D eigenvalue weighted by molar-refractivity contribution is -0.646. The van der Waals surface area contributed by atoms with Crippen LogP contribution in [0, 0.1) is 0 Å². The second-order valence-electron chi connectivity index (χ2n) is 6.96. The van der Waals surface area contributed by atoms with Crippen molar-refractivity contribution < 1.29 is 35.4 Å². The molecule has 172 valence electrons. The van der Waals surface area contributed by atoms with Gasteiger partial charge in [-0.05, 0) is 42.0 Å². The number of rotatable bonds is 4. The summed E-state index contributed by atoms with van der Waals surface area (Å²) in [7, 11) is 1.82. The smallest absolute Gasteiger partial charge is 0.485 e. The fraction of sp³-hybridized carbons (Fsp3) is 0.227. The van der Waals surface area contributed by atoms with Crippen molar-refractivity contribution in [2.24, 2.45) is 7.05 Å². The molecule has 6 nitrogen and oxygen atoms in total. The Hall–Kier alpha value is -3.11. The van der Waals surface area contributed by atoms with Crippen LogP contribution in [0.3, 0.4) is 0 Å². The fourth-order valence-electron chi connectivity index (χ4n) is 2.75. The summed E-state index contributed by atoms with van der Waals surface area (Å²) in [6.45, 7) is 0. The first-order valence-corrected chi connectivity index (χ1v) is 10.7. The first-order valence-electron chi connectivity index (χ1n) is 9.28. The molecule has 1 aromatic heterocycles. The minimum atomic E-state index is -6.09. The standard InChI is InChI=1S/C21H23N2O.CHF3O3S/c1-22(2)19-11-14-21-17(15-19)8-10-18(23(21)3)9-5-16-6-12-20(24-4)13-7-16;2-1(3,4)8(5,6)7/h5-15H,1-4H3;(H,5,6,7)/q+1;/p-1/b9-5+;. The molecule has 10 heteroatoms. The van der Waals surface area contributed by atoms with Gasteiger partial charge < -0.3 is 14.2 Å². The third-order valence-electron chi connectivity index (χ3n) is 4.56. The molecule has 0 unspecified atom stereocenters. The highest BCUT2D eigenvalue weighted by Gasteiger charge is 2.36. The molecule has 0 fully saturated rings. The molecule has 0 aliphatic carbocycles. The lowest BCUT2D eigenvalue weighted by Gasteiger charge is -2.12. The fourth-order valence-corrected chi connectivity index (χ4v) is 2.75. The number of alkyl halides is 3. The van der Waals surface area contributed by atoms with Crippen molar-refractivity contribution in [2.45, 2.75) is 5.51 Å². The Bertz CT molecular complexity index is 1210. The number of fused-ring (bicyclic) bond motifs is 1. The van der Waals surface area contributed by atoms with Crippen LogP contribution in [0.4, 0.5) is 18.9 Å². The Morgan fingerprint density at radius 3 is 2.09 bits per heavy atom. The summed E-state index contributed by atoms with van der Waals surface area (Å²) >= 11 is 0. The average Bonchev–Trinajstić information content (AvgIpc) is 2.72. The van der Waals surface area contributed by atoms with Gasteiger partial charge in [0, 0.05) is 43.4 Å². The zero-order valence-electron chi connectivity index (χ0n) is 17.9. The Morgan fingerprint density at radius 1 is 1.00 bits per heavy atom. The van der Waals surface area contributed by atoms with Gasteiger partial charge in [0.2, 0.25) is 11.2 Å². The number of benzene rings is 2. The molecule has 0 spiro atoms. The highest BCUT2D eigenvalue weighted by atomic mass is 32.2. The van der Waals surface area contributed by atoms with Crippen LogP contribution in [0.1, 0.15) is 11.3 Å². The summed E-state index contributed by atoms with van der Waals surface area (Å²) in [6.07, 6.45) is 4.26. The molecule has 0 amide bonds. The van der Waals surface area contributed by atoms with Gasteiger partial charge in [-0.1, -0.05) is 12.1 Å². The summed E-state index contributed by atoms with van der Waals surface area (Å²) in [4.78, 5) is 2.12. The summed E-state index contributed by atoms with van der Waals surface area (Å²) in [5.41, 5.74) is -0.899. The van der Waals surface area contributed by atoms with E-state index in [0.29, 0.717) is 0 Å². The van der Waals surface area contributed by atoms with Gasteiger partial charge >= 0.3 is 5.51 Å². The molecule has 1 heterocycles. The Labute approximate surface area is 184 Å². The number of halogens is 3. The van der Waals surface area contributed by atoms with Crippen LogP contribution in [-0.4, -0.2) is 39.7 Å². The third-order valence-corrected chi connectivity index (χ3v) is 5.12. The van der Waals surface area contributed by atoms with Crippen LogP contribution in [-0.2, 0) is 17.2 Å². The first-order chi connectivity index (χ1) is 14.8. The zero-order chi connectivity index (χ0) is 24.1. The van der Waals surface area contributed by atoms with Gasteiger partial charge in [-0.15, -0.1) is 0 Å². The predicted octanol–water partition coefficient (Wildman–Crippen LogP) is 3.96. The largest absolute Gasteiger partial charge is 0.741 e.